The number of hydrogen-bond donors (Lipinski definition) is 0. The fourth-order valence-corrected chi connectivity index (χ4v) is 3.62. The number of alkyl halides is 1. The van der Waals surface area contributed by atoms with Crippen LogP contribution in [-0.2, 0) is 4.79 Å². The Balaban J connectivity index is 2.28. The van der Waals surface area contributed by atoms with Crippen molar-refractivity contribution < 1.29 is 4.79 Å². The lowest BCUT2D eigenvalue weighted by Crippen LogP contribution is -2.25. The molecule has 86 valence electrons. The quantitative estimate of drug-likeness (QED) is 0.535. The van der Waals surface area contributed by atoms with Crippen LogP contribution in [0.1, 0.15) is 6.42 Å². The molecule has 1 aliphatic heterocycles. The summed E-state index contributed by atoms with van der Waals surface area (Å²) in [6.07, 6.45) is 0.565. The maximum absolute atomic E-state index is 11.8. The fourth-order valence-electron chi connectivity index (χ4n) is 1.82. The summed E-state index contributed by atoms with van der Waals surface area (Å²) < 4.78 is 2.11. The molecular weight excluding hydrogens is 404 g/mol. The molecule has 2 nitrogen and oxygen atoms in total. The van der Waals surface area contributed by atoms with Crippen LogP contribution in [0.4, 0.5) is 5.69 Å². The van der Waals surface area contributed by atoms with E-state index in [0.29, 0.717) is 12.3 Å². The van der Waals surface area contributed by atoms with Gasteiger partial charge in [0.15, 0.2) is 0 Å². The van der Waals surface area contributed by atoms with Crippen molar-refractivity contribution in [2.45, 2.75) is 6.42 Å². The molecule has 1 heterocycles. The van der Waals surface area contributed by atoms with Gasteiger partial charge in [-0.1, -0.05) is 15.9 Å². The first-order valence-electron chi connectivity index (χ1n) is 4.93. The van der Waals surface area contributed by atoms with E-state index >= 15 is 0 Å². The lowest BCUT2D eigenvalue weighted by Gasteiger charge is -2.18. The molecule has 1 aromatic carbocycles. The van der Waals surface area contributed by atoms with Crippen LogP contribution in [-0.4, -0.2) is 18.3 Å². The van der Waals surface area contributed by atoms with Crippen molar-refractivity contribution in [3.8, 4) is 0 Å². The third-order valence-electron chi connectivity index (χ3n) is 2.62. The molecule has 5 heteroatoms. The molecule has 0 aromatic heterocycles. The molecule has 1 aromatic rings. The molecule has 0 aliphatic carbocycles. The second-order valence-electron chi connectivity index (χ2n) is 3.82. The van der Waals surface area contributed by atoms with Crippen LogP contribution in [0.5, 0.6) is 0 Å². The molecule has 1 aliphatic rings. The summed E-state index contributed by atoms with van der Waals surface area (Å²) in [5.41, 5.74) is 0.987. The largest absolute Gasteiger partial charge is 0.311 e. The molecule has 1 amide bonds. The second-order valence-corrected chi connectivity index (χ2v) is 6.21. The Morgan fingerprint density at radius 1 is 1.56 bits per heavy atom. The number of halogens is 3. The number of carbonyl (C=O) groups is 1. The van der Waals surface area contributed by atoms with E-state index in [4.69, 9.17) is 11.6 Å². The Labute approximate surface area is 122 Å². The second kappa shape index (κ2) is 5.23. The fraction of sp³-hybridized carbons (Fsp3) is 0.364. The smallest absolute Gasteiger partial charge is 0.227 e. The van der Waals surface area contributed by atoms with Gasteiger partial charge in [-0.15, -0.1) is 11.6 Å². The molecule has 0 spiro atoms. The molecule has 1 atom stereocenters. The van der Waals surface area contributed by atoms with E-state index in [9.17, 15) is 4.79 Å². The SMILES string of the molecule is O=C1CC(CCl)CN1c1ccc(Br)cc1I. The Morgan fingerprint density at radius 2 is 2.31 bits per heavy atom. The van der Waals surface area contributed by atoms with Crippen molar-refractivity contribution in [1.29, 1.82) is 0 Å². The molecule has 1 fully saturated rings. The monoisotopic (exact) mass is 413 g/mol. The number of benzene rings is 1. The van der Waals surface area contributed by atoms with Gasteiger partial charge in [0, 0.05) is 26.9 Å². The van der Waals surface area contributed by atoms with Gasteiger partial charge in [-0.3, -0.25) is 4.79 Å². The van der Waals surface area contributed by atoms with E-state index < -0.39 is 0 Å². The minimum Gasteiger partial charge on any atom is -0.311 e. The van der Waals surface area contributed by atoms with Crippen LogP contribution in [0.2, 0.25) is 0 Å². The van der Waals surface area contributed by atoms with E-state index in [1.165, 1.54) is 0 Å². The van der Waals surface area contributed by atoms with Gasteiger partial charge < -0.3 is 4.90 Å². The number of amides is 1. The number of rotatable bonds is 2. The van der Waals surface area contributed by atoms with Gasteiger partial charge >= 0.3 is 0 Å². The topological polar surface area (TPSA) is 20.3 Å². The van der Waals surface area contributed by atoms with Crippen molar-refractivity contribution >= 4 is 61.7 Å². The summed E-state index contributed by atoms with van der Waals surface area (Å²) in [6, 6.07) is 5.94. The molecule has 1 saturated heterocycles. The van der Waals surface area contributed by atoms with E-state index in [1.807, 2.05) is 23.1 Å². The van der Waals surface area contributed by atoms with Crippen molar-refractivity contribution in [2.24, 2.45) is 5.92 Å². The summed E-state index contributed by atoms with van der Waals surface area (Å²) in [5.74, 6) is 1.01. The van der Waals surface area contributed by atoms with Gasteiger partial charge in [0.2, 0.25) is 5.91 Å². The Bertz CT molecular complexity index is 426. The number of hydrogen-bond acceptors (Lipinski definition) is 1. The van der Waals surface area contributed by atoms with Crippen molar-refractivity contribution in [3.63, 3.8) is 0 Å². The summed E-state index contributed by atoms with van der Waals surface area (Å²) >= 11 is 11.5. The van der Waals surface area contributed by atoms with Crippen LogP contribution in [0, 0.1) is 9.49 Å². The highest BCUT2D eigenvalue weighted by Gasteiger charge is 2.30. The molecule has 0 saturated carbocycles. The highest BCUT2D eigenvalue weighted by Crippen LogP contribution is 2.31. The minimum atomic E-state index is 0.172. The van der Waals surface area contributed by atoms with Crippen molar-refractivity contribution in [2.75, 3.05) is 17.3 Å². The zero-order chi connectivity index (χ0) is 11.7. The Hall–Kier alpha value is 0.190. The third kappa shape index (κ3) is 2.54. The van der Waals surface area contributed by atoms with E-state index in [-0.39, 0.29) is 11.8 Å². The summed E-state index contributed by atoms with van der Waals surface area (Å²) in [6.45, 7) is 0.736. The molecule has 1 unspecified atom stereocenters. The molecular formula is C11H10BrClINO. The number of carbonyl (C=O) groups excluding carboxylic acids is 1. The van der Waals surface area contributed by atoms with Gasteiger partial charge in [-0.2, -0.15) is 0 Å². The maximum Gasteiger partial charge on any atom is 0.227 e. The number of nitrogens with zero attached hydrogens (tertiary/aromatic N) is 1. The van der Waals surface area contributed by atoms with Gasteiger partial charge in [0.05, 0.1) is 5.69 Å². The highest BCUT2D eigenvalue weighted by atomic mass is 127. The van der Waals surface area contributed by atoms with Crippen molar-refractivity contribution in [1.82, 2.24) is 0 Å². The highest BCUT2D eigenvalue weighted by molar-refractivity contribution is 14.1. The van der Waals surface area contributed by atoms with Crippen LogP contribution in [0.25, 0.3) is 0 Å². The van der Waals surface area contributed by atoms with Crippen LogP contribution in [0.3, 0.4) is 0 Å². The molecule has 0 radical (unpaired) electrons. The summed E-state index contributed by atoms with van der Waals surface area (Å²) in [5, 5.41) is 0. The summed E-state index contributed by atoms with van der Waals surface area (Å²) in [7, 11) is 0. The first-order chi connectivity index (χ1) is 7.61. The van der Waals surface area contributed by atoms with E-state index in [0.717, 1.165) is 20.3 Å². The van der Waals surface area contributed by atoms with Crippen LogP contribution in [0.15, 0.2) is 22.7 Å². The van der Waals surface area contributed by atoms with Gasteiger partial charge in [0.1, 0.15) is 0 Å². The molecule has 2 rings (SSSR count). The maximum atomic E-state index is 11.8. The average Bonchev–Trinajstić information content (AvgIpc) is 2.60. The van der Waals surface area contributed by atoms with Crippen LogP contribution >= 0.6 is 50.1 Å². The Morgan fingerprint density at radius 3 is 2.88 bits per heavy atom. The lowest BCUT2D eigenvalue weighted by molar-refractivity contribution is -0.117. The summed E-state index contributed by atoms with van der Waals surface area (Å²) in [4.78, 5) is 13.7. The van der Waals surface area contributed by atoms with Gasteiger partial charge in [-0.25, -0.2) is 0 Å². The van der Waals surface area contributed by atoms with E-state index in [2.05, 4.69) is 38.5 Å². The Kier molecular flexibility index (Phi) is 4.13. The van der Waals surface area contributed by atoms with E-state index in [1.54, 1.807) is 0 Å². The van der Waals surface area contributed by atoms with Gasteiger partial charge in [0.25, 0.3) is 0 Å². The molecule has 16 heavy (non-hydrogen) atoms. The zero-order valence-electron chi connectivity index (χ0n) is 8.42. The zero-order valence-corrected chi connectivity index (χ0v) is 12.9. The first-order valence-corrected chi connectivity index (χ1v) is 7.34. The normalized spacial score (nSPS) is 20.6. The standard InChI is InChI=1S/C11H10BrClINO/c12-8-1-2-10(9(14)4-8)15-6-7(5-13)3-11(15)16/h1-2,4,7H,3,5-6H2. The predicted octanol–water partition coefficient (Wildman–Crippen LogP) is 3.65. The first kappa shape index (κ1) is 12.6. The minimum absolute atomic E-state index is 0.172. The molecule has 0 bridgehead atoms. The predicted molar refractivity (Wildman–Crippen MR) is 78.0 cm³/mol. The van der Waals surface area contributed by atoms with Gasteiger partial charge in [-0.05, 0) is 46.7 Å². The average molecular weight is 414 g/mol. The van der Waals surface area contributed by atoms with Crippen molar-refractivity contribution in [3.05, 3.63) is 26.2 Å². The lowest BCUT2D eigenvalue weighted by atomic mass is 10.1. The number of anilines is 1. The van der Waals surface area contributed by atoms with Crippen LogP contribution < -0.4 is 4.90 Å². The third-order valence-corrected chi connectivity index (χ3v) is 4.42. The molecule has 0 N–H and O–H groups in total.